The molecule has 3 nitrogen and oxygen atoms in total. The van der Waals surface area contributed by atoms with E-state index in [9.17, 15) is 4.79 Å². The molecule has 20 heavy (non-hydrogen) atoms. The van der Waals surface area contributed by atoms with Gasteiger partial charge in [-0.15, -0.1) is 0 Å². The van der Waals surface area contributed by atoms with Crippen LogP contribution in [0, 0.1) is 3.57 Å². The predicted octanol–water partition coefficient (Wildman–Crippen LogP) is 3.88. The average Bonchev–Trinajstić information content (AvgIpc) is 2.92. The van der Waals surface area contributed by atoms with Crippen LogP contribution in [0.15, 0.2) is 24.3 Å². The first-order valence-electron chi connectivity index (χ1n) is 7.37. The van der Waals surface area contributed by atoms with Crippen molar-refractivity contribution in [1.29, 1.82) is 0 Å². The lowest BCUT2D eigenvalue weighted by Crippen LogP contribution is -2.43. The first kappa shape index (κ1) is 15.8. The molecule has 4 heteroatoms. The third kappa shape index (κ3) is 4.45. The van der Waals surface area contributed by atoms with Gasteiger partial charge in [0.15, 0.2) is 0 Å². The highest BCUT2D eigenvalue weighted by atomic mass is 127. The van der Waals surface area contributed by atoms with Crippen molar-refractivity contribution >= 4 is 34.2 Å². The van der Waals surface area contributed by atoms with Gasteiger partial charge in [-0.1, -0.05) is 12.8 Å². The molecule has 1 amide bonds. The Labute approximate surface area is 135 Å². The van der Waals surface area contributed by atoms with Gasteiger partial charge in [0.25, 0.3) is 0 Å². The Hall–Kier alpha value is -0.620. The lowest BCUT2D eigenvalue weighted by molar-refractivity contribution is -0.118. The maximum Gasteiger partial charge on any atom is 0.238 e. The molecule has 1 aromatic carbocycles. The van der Waals surface area contributed by atoms with Crippen molar-refractivity contribution in [3.63, 3.8) is 0 Å². The third-order valence-electron chi connectivity index (χ3n) is 3.91. The van der Waals surface area contributed by atoms with Crippen LogP contribution in [0.25, 0.3) is 0 Å². The summed E-state index contributed by atoms with van der Waals surface area (Å²) >= 11 is 2.26. The Balaban J connectivity index is 1.92. The van der Waals surface area contributed by atoms with Crippen molar-refractivity contribution in [3.05, 3.63) is 27.8 Å². The highest BCUT2D eigenvalue weighted by Gasteiger charge is 2.26. The average molecular weight is 386 g/mol. The minimum atomic E-state index is 0.0896. The molecule has 1 fully saturated rings. The summed E-state index contributed by atoms with van der Waals surface area (Å²) in [4.78, 5) is 14.6. The van der Waals surface area contributed by atoms with E-state index in [-0.39, 0.29) is 5.91 Å². The zero-order chi connectivity index (χ0) is 14.5. The number of anilines is 1. The SMILES string of the molecule is CC(C)N(CC(=O)Nc1ccc(I)cc1)C1CCCC1. The molecule has 0 bridgehead atoms. The van der Waals surface area contributed by atoms with E-state index in [4.69, 9.17) is 0 Å². The van der Waals surface area contributed by atoms with E-state index in [0.717, 1.165) is 5.69 Å². The second-order valence-corrected chi connectivity index (χ2v) is 7.01. The predicted molar refractivity (Wildman–Crippen MR) is 91.9 cm³/mol. The van der Waals surface area contributed by atoms with Gasteiger partial charge in [0.2, 0.25) is 5.91 Å². The Bertz CT molecular complexity index is 438. The quantitative estimate of drug-likeness (QED) is 0.779. The molecule has 110 valence electrons. The molecule has 0 heterocycles. The van der Waals surface area contributed by atoms with Gasteiger partial charge in [-0.25, -0.2) is 0 Å². The van der Waals surface area contributed by atoms with Gasteiger partial charge in [0.05, 0.1) is 6.54 Å². The molecule has 0 spiro atoms. The topological polar surface area (TPSA) is 32.3 Å². The van der Waals surface area contributed by atoms with Gasteiger partial charge < -0.3 is 5.32 Å². The van der Waals surface area contributed by atoms with Crippen LogP contribution in [0.5, 0.6) is 0 Å². The van der Waals surface area contributed by atoms with E-state index >= 15 is 0 Å². The lowest BCUT2D eigenvalue weighted by atomic mass is 10.1. The van der Waals surface area contributed by atoms with Gasteiger partial charge in [0, 0.05) is 21.3 Å². The van der Waals surface area contributed by atoms with Crippen LogP contribution >= 0.6 is 22.6 Å². The number of benzene rings is 1. The molecule has 1 aliphatic carbocycles. The van der Waals surface area contributed by atoms with Crippen molar-refractivity contribution in [1.82, 2.24) is 4.90 Å². The Morgan fingerprint density at radius 3 is 2.45 bits per heavy atom. The van der Waals surface area contributed by atoms with E-state index in [0.29, 0.717) is 18.6 Å². The number of halogens is 1. The molecule has 0 saturated heterocycles. The largest absolute Gasteiger partial charge is 0.325 e. The Kier molecular flexibility index (Phi) is 5.84. The fraction of sp³-hybridized carbons (Fsp3) is 0.562. The first-order chi connectivity index (χ1) is 9.56. The summed E-state index contributed by atoms with van der Waals surface area (Å²) in [5.41, 5.74) is 0.880. The minimum absolute atomic E-state index is 0.0896. The molecular weight excluding hydrogens is 363 g/mol. The zero-order valence-electron chi connectivity index (χ0n) is 12.2. The first-order valence-corrected chi connectivity index (χ1v) is 8.45. The lowest BCUT2D eigenvalue weighted by Gasteiger charge is -2.31. The maximum atomic E-state index is 12.2. The van der Waals surface area contributed by atoms with Crippen molar-refractivity contribution in [3.8, 4) is 0 Å². The molecule has 0 unspecified atom stereocenters. The summed E-state index contributed by atoms with van der Waals surface area (Å²) in [7, 11) is 0. The highest BCUT2D eigenvalue weighted by molar-refractivity contribution is 14.1. The number of hydrogen-bond acceptors (Lipinski definition) is 2. The van der Waals surface area contributed by atoms with E-state index in [2.05, 4.69) is 46.7 Å². The van der Waals surface area contributed by atoms with E-state index in [1.54, 1.807) is 0 Å². The molecule has 0 aliphatic heterocycles. The molecule has 1 aliphatic rings. The fourth-order valence-corrected chi connectivity index (χ4v) is 3.23. The van der Waals surface area contributed by atoms with Crippen molar-refractivity contribution < 1.29 is 4.79 Å². The molecule has 2 rings (SSSR count). The fourth-order valence-electron chi connectivity index (χ4n) is 2.87. The summed E-state index contributed by atoms with van der Waals surface area (Å²) in [6.07, 6.45) is 5.06. The maximum absolute atomic E-state index is 12.2. The van der Waals surface area contributed by atoms with E-state index in [1.807, 2.05) is 24.3 Å². The van der Waals surface area contributed by atoms with Gasteiger partial charge >= 0.3 is 0 Å². The number of nitrogens with zero attached hydrogens (tertiary/aromatic N) is 1. The summed E-state index contributed by atoms with van der Waals surface area (Å²) in [6.45, 7) is 4.85. The van der Waals surface area contributed by atoms with Gasteiger partial charge in [-0.05, 0) is 73.5 Å². The van der Waals surface area contributed by atoms with Crippen molar-refractivity contribution in [2.75, 3.05) is 11.9 Å². The molecule has 1 saturated carbocycles. The molecule has 1 N–H and O–H groups in total. The molecule has 0 aromatic heterocycles. The van der Waals surface area contributed by atoms with Crippen LogP contribution in [0.1, 0.15) is 39.5 Å². The summed E-state index contributed by atoms with van der Waals surface area (Å²) < 4.78 is 1.18. The normalized spacial score (nSPS) is 16.1. The monoisotopic (exact) mass is 386 g/mol. The van der Waals surface area contributed by atoms with Gasteiger partial charge in [-0.3, -0.25) is 9.69 Å². The summed E-state index contributed by atoms with van der Waals surface area (Å²) in [6, 6.07) is 8.92. The second kappa shape index (κ2) is 7.41. The number of nitrogens with one attached hydrogen (secondary N) is 1. The molecule has 1 aromatic rings. The molecular formula is C16H23IN2O. The van der Waals surface area contributed by atoms with Crippen LogP contribution in [0.3, 0.4) is 0 Å². The van der Waals surface area contributed by atoms with Crippen LogP contribution in [0.4, 0.5) is 5.69 Å². The number of carbonyl (C=O) groups is 1. The van der Waals surface area contributed by atoms with Gasteiger partial charge in [0.1, 0.15) is 0 Å². The highest BCUT2D eigenvalue weighted by Crippen LogP contribution is 2.25. The number of amides is 1. The Morgan fingerprint density at radius 1 is 1.30 bits per heavy atom. The number of rotatable bonds is 5. The second-order valence-electron chi connectivity index (χ2n) is 5.76. The standard InChI is InChI=1S/C16H23IN2O/c1-12(2)19(15-5-3-4-6-15)11-16(20)18-14-9-7-13(17)8-10-14/h7-10,12,15H,3-6,11H2,1-2H3,(H,18,20). The van der Waals surface area contributed by atoms with E-state index in [1.165, 1.54) is 29.3 Å². The van der Waals surface area contributed by atoms with Crippen LogP contribution in [-0.2, 0) is 4.79 Å². The minimum Gasteiger partial charge on any atom is -0.325 e. The van der Waals surface area contributed by atoms with Crippen LogP contribution < -0.4 is 5.32 Å². The molecule has 0 radical (unpaired) electrons. The summed E-state index contributed by atoms with van der Waals surface area (Å²) in [5.74, 6) is 0.0896. The van der Waals surface area contributed by atoms with Crippen molar-refractivity contribution in [2.45, 2.75) is 51.6 Å². The molecule has 0 atom stereocenters. The Morgan fingerprint density at radius 2 is 1.90 bits per heavy atom. The van der Waals surface area contributed by atoms with Crippen LogP contribution in [-0.4, -0.2) is 29.4 Å². The van der Waals surface area contributed by atoms with Crippen LogP contribution in [0.2, 0.25) is 0 Å². The summed E-state index contributed by atoms with van der Waals surface area (Å²) in [5, 5.41) is 2.99. The zero-order valence-corrected chi connectivity index (χ0v) is 14.4. The van der Waals surface area contributed by atoms with E-state index < -0.39 is 0 Å². The van der Waals surface area contributed by atoms with Gasteiger partial charge in [-0.2, -0.15) is 0 Å². The van der Waals surface area contributed by atoms with Crippen molar-refractivity contribution in [2.24, 2.45) is 0 Å². The number of hydrogen-bond donors (Lipinski definition) is 1. The number of carbonyl (C=O) groups excluding carboxylic acids is 1. The smallest absolute Gasteiger partial charge is 0.238 e. The third-order valence-corrected chi connectivity index (χ3v) is 4.63.